The number of aliphatic hydroxyl groups is 1. The van der Waals surface area contributed by atoms with E-state index in [9.17, 15) is 18.7 Å². The molecule has 0 fully saturated rings. The quantitative estimate of drug-likeness (QED) is 0.372. The van der Waals surface area contributed by atoms with Gasteiger partial charge in [-0.25, -0.2) is 14.4 Å². The highest BCUT2D eigenvalue weighted by atomic mass is 35.5. The Kier molecular flexibility index (Phi) is 8.60. The van der Waals surface area contributed by atoms with Gasteiger partial charge in [-0.15, -0.1) is 0 Å². The number of amides is 1. The predicted molar refractivity (Wildman–Crippen MR) is 124 cm³/mol. The zero-order chi connectivity index (χ0) is 24.7. The van der Waals surface area contributed by atoms with Gasteiger partial charge in [0, 0.05) is 34.8 Å². The second-order valence-electron chi connectivity index (χ2n) is 6.95. The molecule has 176 valence electrons. The van der Waals surface area contributed by atoms with Crippen LogP contribution >= 0.6 is 23.4 Å². The van der Waals surface area contributed by atoms with Crippen LogP contribution in [0, 0.1) is 11.8 Å². The fourth-order valence-electron chi connectivity index (χ4n) is 2.90. The van der Waals surface area contributed by atoms with Crippen LogP contribution in [0.2, 0.25) is 5.02 Å². The van der Waals surface area contributed by atoms with E-state index in [-0.39, 0.29) is 29.2 Å². The van der Waals surface area contributed by atoms with Crippen LogP contribution in [-0.2, 0) is 6.42 Å². The number of hydrogen-bond donors (Lipinski definition) is 2. The topological polar surface area (TPSA) is 102 Å². The molecule has 11 heteroatoms. The lowest BCUT2D eigenvalue weighted by Gasteiger charge is -2.24. The lowest BCUT2D eigenvalue weighted by Crippen LogP contribution is -2.37. The van der Waals surface area contributed by atoms with Crippen molar-refractivity contribution in [2.45, 2.75) is 19.1 Å². The normalized spacial score (nSPS) is 11.5. The maximum atomic E-state index is 13.0. The predicted octanol–water partition coefficient (Wildman–Crippen LogP) is 3.91. The van der Waals surface area contributed by atoms with Crippen molar-refractivity contribution in [2.75, 3.05) is 12.3 Å². The number of aromatic nitrogens is 2. The van der Waals surface area contributed by atoms with Gasteiger partial charge in [0.25, 0.3) is 5.91 Å². The van der Waals surface area contributed by atoms with Gasteiger partial charge in [-0.1, -0.05) is 35.6 Å². The van der Waals surface area contributed by atoms with E-state index in [1.165, 1.54) is 30.6 Å². The number of nitrogens with zero attached hydrogens (tertiary/aromatic N) is 3. The van der Waals surface area contributed by atoms with Gasteiger partial charge >= 0.3 is 6.61 Å². The highest BCUT2D eigenvalue weighted by Crippen LogP contribution is 2.24. The molecule has 34 heavy (non-hydrogen) atoms. The smallest absolute Gasteiger partial charge is 0.387 e. The second kappa shape index (κ2) is 11.6. The van der Waals surface area contributed by atoms with E-state index in [1.807, 2.05) is 0 Å². The molecule has 0 saturated heterocycles. The molecule has 0 radical (unpaired) electrons. The molecule has 0 spiro atoms. The van der Waals surface area contributed by atoms with Gasteiger partial charge in [-0.3, -0.25) is 4.79 Å². The Bertz CT molecular complexity index is 1200. The molecule has 0 bridgehead atoms. The van der Waals surface area contributed by atoms with E-state index in [1.54, 1.807) is 24.3 Å². The summed E-state index contributed by atoms with van der Waals surface area (Å²) in [5.74, 6) is 4.55. The molecular formula is C23H18Cl2F2N4O3. The minimum Gasteiger partial charge on any atom is -0.434 e. The molecule has 0 aliphatic rings. The molecule has 7 nitrogen and oxygen atoms in total. The molecule has 0 aliphatic carbocycles. The van der Waals surface area contributed by atoms with Crippen molar-refractivity contribution in [1.82, 2.24) is 14.4 Å². The first-order chi connectivity index (χ1) is 16.3. The number of hydrogen-bond acceptors (Lipinski definition) is 6. The zero-order valence-electron chi connectivity index (χ0n) is 17.5. The summed E-state index contributed by atoms with van der Waals surface area (Å²) in [5, 5.41) is 10.3. The Hall–Kier alpha value is -3.45. The molecule has 1 amide bonds. The number of halogens is 4. The second-order valence-corrected chi connectivity index (χ2v) is 7.75. The summed E-state index contributed by atoms with van der Waals surface area (Å²) in [6, 6.07) is 9.88. The van der Waals surface area contributed by atoms with Gasteiger partial charge in [0.1, 0.15) is 5.75 Å². The van der Waals surface area contributed by atoms with Crippen LogP contribution < -0.4 is 10.5 Å². The van der Waals surface area contributed by atoms with Crippen molar-refractivity contribution in [3.8, 4) is 17.6 Å². The number of carbonyl (C=O) groups excluding carboxylic acids is 1. The molecule has 2 aromatic carbocycles. The van der Waals surface area contributed by atoms with Crippen LogP contribution in [0.25, 0.3) is 0 Å². The fraction of sp³-hybridized carbons (Fsp3) is 0.174. The fourth-order valence-corrected chi connectivity index (χ4v) is 3.25. The molecule has 0 unspecified atom stereocenters. The first-order valence-electron chi connectivity index (χ1n) is 9.80. The lowest BCUT2D eigenvalue weighted by molar-refractivity contribution is -0.0500. The number of anilines is 1. The molecule has 3 N–H and O–H groups in total. The minimum absolute atomic E-state index is 0.0197. The number of carbonyl (C=O) groups is 1. The third-order valence-corrected chi connectivity index (χ3v) is 5.25. The highest BCUT2D eigenvalue weighted by molar-refractivity contribution is 6.30. The standard InChI is InChI=1S/C23H18Cl2F2N4O3/c24-18-6-2-14(3-7-18)9-19(13-32)31(25)21(33)17-5-8-20(34-22(26)27)16(10-17)4-1-15-11-29-23(28)30-12-15/h2-3,5-8,10-12,19,22,32H,9,13H2,(H2,28,29,30)/t19-/m0/s1. The molecule has 1 atom stereocenters. The molecule has 0 aliphatic heterocycles. The Balaban J connectivity index is 1.87. The highest BCUT2D eigenvalue weighted by Gasteiger charge is 2.24. The number of benzene rings is 2. The SMILES string of the molecule is Nc1ncc(C#Cc2cc(C(=O)N(Cl)[C@H](CO)Cc3ccc(Cl)cc3)ccc2OC(F)F)cn1. The third-order valence-electron chi connectivity index (χ3n) is 4.57. The van der Waals surface area contributed by atoms with Crippen molar-refractivity contribution >= 4 is 35.2 Å². The zero-order valence-corrected chi connectivity index (χ0v) is 19.0. The monoisotopic (exact) mass is 506 g/mol. The summed E-state index contributed by atoms with van der Waals surface area (Å²) in [4.78, 5) is 20.6. The average molecular weight is 507 g/mol. The van der Waals surface area contributed by atoms with Crippen LogP contribution in [0.15, 0.2) is 54.9 Å². The summed E-state index contributed by atoms with van der Waals surface area (Å²) in [6.45, 7) is -3.50. The van der Waals surface area contributed by atoms with Gasteiger partial charge in [-0.2, -0.15) is 8.78 Å². The molecule has 1 aromatic heterocycles. The Morgan fingerprint density at radius 2 is 1.82 bits per heavy atom. The van der Waals surface area contributed by atoms with E-state index in [0.29, 0.717) is 10.6 Å². The average Bonchev–Trinajstić information content (AvgIpc) is 2.83. The summed E-state index contributed by atoms with van der Waals surface area (Å²) in [7, 11) is 0. The van der Waals surface area contributed by atoms with Gasteiger partial charge in [0.15, 0.2) is 0 Å². The van der Waals surface area contributed by atoms with E-state index in [0.717, 1.165) is 9.98 Å². The summed E-state index contributed by atoms with van der Waals surface area (Å²) < 4.78 is 31.1. The van der Waals surface area contributed by atoms with Crippen LogP contribution in [0.4, 0.5) is 14.7 Å². The minimum atomic E-state index is -3.09. The first-order valence-corrected chi connectivity index (χ1v) is 10.5. The number of rotatable bonds is 7. The van der Waals surface area contributed by atoms with Crippen molar-refractivity contribution in [1.29, 1.82) is 0 Å². The van der Waals surface area contributed by atoms with Crippen molar-refractivity contribution in [2.24, 2.45) is 0 Å². The van der Waals surface area contributed by atoms with Crippen LogP contribution in [-0.4, -0.2) is 44.7 Å². The molecule has 1 heterocycles. The third kappa shape index (κ3) is 6.78. The summed E-state index contributed by atoms with van der Waals surface area (Å²) in [6.07, 6.45) is 2.99. The Morgan fingerprint density at radius 3 is 2.44 bits per heavy atom. The van der Waals surface area contributed by atoms with Gasteiger partial charge in [-0.05, 0) is 42.3 Å². The number of alkyl halides is 2. The number of nitrogens with two attached hydrogens (primary N) is 1. The van der Waals surface area contributed by atoms with Crippen molar-refractivity contribution < 1.29 is 23.4 Å². The Morgan fingerprint density at radius 1 is 1.15 bits per heavy atom. The van der Waals surface area contributed by atoms with E-state index < -0.39 is 25.2 Å². The van der Waals surface area contributed by atoms with Gasteiger partial charge in [0.2, 0.25) is 5.95 Å². The van der Waals surface area contributed by atoms with Crippen molar-refractivity contribution in [3.05, 3.63) is 82.1 Å². The molecule has 0 saturated carbocycles. The molecule has 3 aromatic rings. The largest absolute Gasteiger partial charge is 0.434 e. The summed E-state index contributed by atoms with van der Waals surface area (Å²) >= 11 is 12.1. The number of nitrogen functional groups attached to an aromatic ring is 1. The molecular weight excluding hydrogens is 489 g/mol. The number of aliphatic hydroxyl groups excluding tert-OH is 1. The van der Waals surface area contributed by atoms with Crippen LogP contribution in [0.5, 0.6) is 5.75 Å². The molecule has 3 rings (SSSR count). The van der Waals surface area contributed by atoms with Gasteiger partial charge in [0.05, 0.1) is 23.8 Å². The van der Waals surface area contributed by atoms with E-state index in [2.05, 4.69) is 26.5 Å². The Labute approximate surface area is 204 Å². The maximum Gasteiger partial charge on any atom is 0.387 e. The van der Waals surface area contributed by atoms with Gasteiger partial charge < -0.3 is 15.6 Å². The van der Waals surface area contributed by atoms with E-state index >= 15 is 0 Å². The van der Waals surface area contributed by atoms with E-state index in [4.69, 9.17) is 29.1 Å². The maximum absolute atomic E-state index is 13.0. The summed E-state index contributed by atoms with van der Waals surface area (Å²) in [5.41, 5.74) is 6.69. The van der Waals surface area contributed by atoms with Crippen molar-refractivity contribution in [3.63, 3.8) is 0 Å². The van der Waals surface area contributed by atoms with Crippen LogP contribution in [0.1, 0.15) is 27.0 Å². The number of ether oxygens (including phenoxy) is 1. The lowest BCUT2D eigenvalue weighted by atomic mass is 10.0. The van der Waals surface area contributed by atoms with Crippen LogP contribution in [0.3, 0.4) is 0 Å². The first kappa shape index (κ1) is 25.2.